The molecule has 0 amide bonds. The van der Waals surface area contributed by atoms with E-state index < -0.39 is 0 Å². The number of imidazole rings is 1. The number of hydrogen-bond acceptors (Lipinski definition) is 5. The first kappa shape index (κ1) is 14.0. The predicted octanol–water partition coefficient (Wildman–Crippen LogP) is 3.87. The van der Waals surface area contributed by atoms with Crippen LogP contribution >= 0.6 is 12.2 Å². The molecule has 0 radical (unpaired) electrons. The molecule has 6 heteroatoms. The fourth-order valence-corrected chi connectivity index (χ4v) is 2.55. The second-order valence-corrected chi connectivity index (χ2v) is 5.09. The largest absolute Gasteiger partial charge is 0.412 e. The standard InChI is InChI=1S/C13H20N4OS/c1-3-5-6-7-9(4-2)17-8-15-10-11(17)16-13(14)18-12(10)19/h8-9H,3-7H2,1-2H3,(H2,14,16). The van der Waals surface area contributed by atoms with E-state index in [-0.39, 0.29) is 6.01 Å². The normalized spacial score (nSPS) is 12.9. The summed E-state index contributed by atoms with van der Waals surface area (Å²) in [5, 5.41) is 0. The molecule has 0 aliphatic heterocycles. The summed E-state index contributed by atoms with van der Waals surface area (Å²) in [4.78, 5) is 8.54. The van der Waals surface area contributed by atoms with E-state index in [1.807, 2.05) is 0 Å². The predicted molar refractivity (Wildman–Crippen MR) is 78.5 cm³/mol. The van der Waals surface area contributed by atoms with E-state index in [2.05, 4.69) is 28.4 Å². The molecule has 104 valence electrons. The Hall–Kier alpha value is -1.43. The van der Waals surface area contributed by atoms with Crippen molar-refractivity contribution in [1.29, 1.82) is 0 Å². The molecule has 2 aromatic heterocycles. The molecule has 2 heterocycles. The molecule has 2 N–H and O–H groups in total. The Bertz CT molecular complexity index is 604. The van der Waals surface area contributed by atoms with Gasteiger partial charge in [-0.3, -0.25) is 0 Å². The molecule has 5 nitrogen and oxygen atoms in total. The van der Waals surface area contributed by atoms with Crippen LogP contribution in [0, 0.1) is 4.71 Å². The van der Waals surface area contributed by atoms with Crippen molar-refractivity contribution in [3.05, 3.63) is 11.0 Å². The van der Waals surface area contributed by atoms with E-state index >= 15 is 0 Å². The quantitative estimate of drug-likeness (QED) is 0.642. The highest BCUT2D eigenvalue weighted by Gasteiger charge is 2.15. The average molecular weight is 280 g/mol. The van der Waals surface area contributed by atoms with Gasteiger partial charge in [-0.15, -0.1) is 0 Å². The van der Waals surface area contributed by atoms with Crippen LogP contribution in [0.5, 0.6) is 0 Å². The van der Waals surface area contributed by atoms with Crippen LogP contribution in [-0.4, -0.2) is 14.5 Å². The molecule has 2 rings (SSSR count). The Kier molecular flexibility index (Phi) is 4.52. The van der Waals surface area contributed by atoms with Crippen molar-refractivity contribution in [2.24, 2.45) is 0 Å². The first-order chi connectivity index (χ1) is 9.17. The second kappa shape index (κ2) is 6.14. The molecule has 0 saturated heterocycles. The smallest absolute Gasteiger partial charge is 0.295 e. The monoisotopic (exact) mass is 280 g/mol. The minimum atomic E-state index is 0.0997. The molecule has 1 unspecified atom stereocenters. The number of fused-ring (bicyclic) bond motifs is 1. The Morgan fingerprint density at radius 3 is 2.89 bits per heavy atom. The number of anilines is 1. The number of unbranched alkanes of at least 4 members (excludes halogenated alkanes) is 2. The van der Waals surface area contributed by atoms with E-state index in [1.54, 1.807) is 6.33 Å². The third-order valence-electron chi connectivity index (χ3n) is 3.38. The summed E-state index contributed by atoms with van der Waals surface area (Å²) in [6.45, 7) is 4.38. The first-order valence-corrected chi connectivity index (χ1v) is 7.21. The van der Waals surface area contributed by atoms with E-state index in [0.717, 1.165) is 18.5 Å². The number of nitrogens with two attached hydrogens (primary N) is 1. The van der Waals surface area contributed by atoms with E-state index in [9.17, 15) is 0 Å². The minimum Gasteiger partial charge on any atom is -0.412 e. The number of aromatic nitrogens is 3. The van der Waals surface area contributed by atoms with Crippen molar-refractivity contribution in [3.8, 4) is 0 Å². The van der Waals surface area contributed by atoms with Crippen LogP contribution in [0.25, 0.3) is 11.2 Å². The van der Waals surface area contributed by atoms with E-state index in [4.69, 9.17) is 22.4 Å². The minimum absolute atomic E-state index is 0.0997. The van der Waals surface area contributed by atoms with Crippen LogP contribution in [0.3, 0.4) is 0 Å². The first-order valence-electron chi connectivity index (χ1n) is 6.80. The lowest BCUT2D eigenvalue weighted by Crippen LogP contribution is -2.08. The summed E-state index contributed by atoms with van der Waals surface area (Å²) in [5.74, 6) is 0. The van der Waals surface area contributed by atoms with Gasteiger partial charge in [0.2, 0.25) is 4.71 Å². The Balaban J connectivity index is 2.35. The van der Waals surface area contributed by atoms with Gasteiger partial charge in [0.15, 0.2) is 11.2 Å². The lowest BCUT2D eigenvalue weighted by atomic mass is 10.1. The van der Waals surface area contributed by atoms with Crippen LogP contribution < -0.4 is 5.73 Å². The van der Waals surface area contributed by atoms with Gasteiger partial charge in [-0.2, -0.15) is 4.98 Å². The van der Waals surface area contributed by atoms with Crippen LogP contribution in [0.15, 0.2) is 10.7 Å². The van der Waals surface area contributed by atoms with Crippen molar-refractivity contribution >= 4 is 29.4 Å². The number of hydrogen-bond donors (Lipinski definition) is 1. The van der Waals surface area contributed by atoms with Gasteiger partial charge in [0.05, 0.1) is 6.33 Å². The summed E-state index contributed by atoms with van der Waals surface area (Å²) < 4.78 is 7.51. The fourth-order valence-electron chi connectivity index (χ4n) is 2.32. The van der Waals surface area contributed by atoms with Crippen molar-refractivity contribution < 1.29 is 4.42 Å². The number of rotatable bonds is 6. The molecule has 0 spiro atoms. The van der Waals surface area contributed by atoms with Gasteiger partial charge in [-0.25, -0.2) is 4.98 Å². The summed E-state index contributed by atoms with van der Waals surface area (Å²) in [6, 6.07) is 0.489. The van der Waals surface area contributed by atoms with Gasteiger partial charge in [-0.05, 0) is 25.1 Å². The Morgan fingerprint density at radius 2 is 2.21 bits per heavy atom. The molecule has 19 heavy (non-hydrogen) atoms. The van der Waals surface area contributed by atoms with Crippen LogP contribution in [0.2, 0.25) is 0 Å². The number of nitrogen functional groups attached to an aromatic ring is 1. The van der Waals surface area contributed by atoms with Crippen molar-refractivity contribution in [1.82, 2.24) is 14.5 Å². The number of nitrogens with zero attached hydrogens (tertiary/aromatic N) is 3. The lowest BCUT2D eigenvalue weighted by molar-refractivity contribution is 0.437. The van der Waals surface area contributed by atoms with E-state index in [0.29, 0.717) is 16.3 Å². The summed E-state index contributed by atoms with van der Waals surface area (Å²) in [6.07, 6.45) is 7.64. The average Bonchev–Trinajstić information content (AvgIpc) is 2.79. The van der Waals surface area contributed by atoms with Gasteiger partial charge in [0.25, 0.3) is 6.01 Å². The molecule has 1 atom stereocenters. The fraction of sp³-hybridized carbons (Fsp3) is 0.615. The van der Waals surface area contributed by atoms with Crippen LogP contribution in [-0.2, 0) is 0 Å². The molecule has 0 aliphatic rings. The van der Waals surface area contributed by atoms with Gasteiger partial charge in [0, 0.05) is 6.04 Å². The Morgan fingerprint density at radius 1 is 1.42 bits per heavy atom. The highest BCUT2D eigenvalue weighted by molar-refractivity contribution is 7.71. The zero-order valence-electron chi connectivity index (χ0n) is 11.4. The SMILES string of the molecule is CCCCCC(CC)n1cnc2c(=S)oc(N)nc21. The summed E-state index contributed by atoms with van der Waals surface area (Å²) in [7, 11) is 0. The highest BCUT2D eigenvalue weighted by atomic mass is 32.1. The maximum absolute atomic E-state index is 5.63. The molecule has 0 aliphatic carbocycles. The molecule has 0 saturated carbocycles. The van der Waals surface area contributed by atoms with Gasteiger partial charge >= 0.3 is 0 Å². The maximum Gasteiger partial charge on any atom is 0.295 e. The third-order valence-corrected chi connectivity index (χ3v) is 3.66. The lowest BCUT2D eigenvalue weighted by Gasteiger charge is -2.16. The second-order valence-electron chi connectivity index (χ2n) is 4.72. The van der Waals surface area contributed by atoms with Crippen molar-refractivity contribution in [3.63, 3.8) is 0 Å². The van der Waals surface area contributed by atoms with Gasteiger partial charge in [-0.1, -0.05) is 33.1 Å². The van der Waals surface area contributed by atoms with Crippen LogP contribution in [0.1, 0.15) is 52.0 Å². The zero-order valence-corrected chi connectivity index (χ0v) is 12.2. The molecular formula is C13H20N4OS. The molecular weight excluding hydrogens is 260 g/mol. The maximum atomic E-state index is 5.63. The van der Waals surface area contributed by atoms with Gasteiger partial charge in [0.1, 0.15) is 0 Å². The highest BCUT2D eigenvalue weighted by Crippen LogP contribution is 2.24. The topological polar surface area (TPSA) is 69.9 Å². The molecule has 0 bridgehead atoms. The van der Waals surface area contributed by atoms with Crippen molar-refractivity contribution in [2.75, 3.05) is 5.73 Å². The third kappa shape index (κ3) is 2.94. The van der Waals surface area contributed by atoms with Crippen molar-refractivity contribution in [2.45, 2.75) is 52.0 Å². The van der Waals surface area contributed by atoms with Crippen LogP contribution in [0.4, 0.5) is 6.01 Å². The molecule has 2 aromatic rings. The summed E-state index contributed by atoms with van der Waals surface area (Å²) in [5.41, 5.74) is 6.99. The van der Waals surface area contributed by atoms with E-state index in [1.165, 1.54) is 19.3 Å². The Labute approximate surface area is 117 Å². The molecule has 0 aromatic carbocycles. The molecule has 0 fully saturated rings. The van der Waals surface area contributed by atoms with Gasteiger partial charge < -0.3 is 14.7 Å². The zero-order chi connectivity index (χ0) is 13.8. The summed E-state index contributed by atoms with van der Waals surface area (Å²) >= 11 is 5.12.